The highest BCUT2D eigenvalue weighted by Crippen LogP contribution is 2.33. The third-order valence-corrected chi connectivity index (χ3v) is 6.55. The zero-order valence-corrected chi connectivity index (χ0v) is 21.8. The summed E-state index contributed by atoms with van der Waals surface area (Å²) >= 11 is 18.3. The molecule has 1 aliphatic rings. The fourth-order valence-corrected chi connectivity index (χ4v) is 4.71. The molecule has 0 aromatic heterocycles. The Morgan fingerprint density at radius 1 is 0.833 bits per heavy atom. The Morgan fingerprint density at radius 2 is 1.44 bits per heavy atom. The molecule has 0 spiro atoms. The van der Waals surface area contributed by atoms with Crippen LogP contribution in [0.15, 0.2) is 71.4 Å². The first-order chi connectivity index (χ1) is 17.2. The summed E-state index contributed by atoms with van der Waals surface area (Å²) in [6.07, 6.45) is 1.56. The van der Waals surface area contributed by atoms with Crippen molar-refractivity contribution < 1.29 is 14.4 Å². The van der Waals surface area contributed by atoms with Crippen LogP contribution in [0.2, 0.25) is 10.0 Å². The molecule has 0 fully saturated rings. The lowest BCUT2D eigenvalue weighted by atomic mass is 10.0. The topological polar surface area (TPSA) is 78.5 Å². The van der Waals surface area contributed by atoms with E-state index in [4.69, 9.17) is 34.8 Å². The molecule has 4 rings (SSSR count). The molecule has 0 atom stereocenters. The number of rotatable bonds is 7. The standard InChI is InChI=1S/C27H22Cl3N3O3/c1-3-15-7-5-8-16(4-2)23(15)32-25(34)17-9-6-10-20(11-17)31-24-22(30)26(35)33(27(24)36)21-13-18(28)12-19(29)14-21/h5-14,31H,3-4H2,1-2H3,(H,32,34). The van der Waals surface area contributed by atoms with E-state index < -0.39 is 11.8 Å². The van der Waals surface area contributed by atoms with Gasteiger partial charge in [0, 0.05) is 27.0 Å². The molecule has 0 aliphatic carbocycles. The lowest BCUT2D eigenvalue weighted by Gasteiger charge is -2.16. The van der Waals surface area contributed by atoms with Crippen LogP contribution in [-0.2, 0) is 22.4 Å². The predicted molar refractivity (Wildman–Crippen MR) is 145 cm³/mol. The molecule has 6 nitrogen and oxygen atoms in total. The number of carbonyl (C=O) groups is 3. The largest absolute Gasteiger partial charge is 0.350 e. The number of amides is 3. The van der Waals surface area contributed by atoms with Crippen molar-refractivity contribution >= 4 is 69.6 Å². The molecule has 0 saturated carbocycles. The average molecular weight is 543 g/mol. The minimum Gasteiger partial charge on any atom is -0.350 e. The Kier molecular flexibility index (Phi) is 7.69. The van der Waals surface area contributed by atoms with Gasteiger partial charge in [-0.2, -0.15) is 0 Å². The van der Waals surface area contributed by atoms with Crippen LogP contribution in [0.5, 0.6) is 0 Å². The third kappa shape index (κ3) is 5.12. The van der Waals surface area contributed by atoms with E-state index in [1.165, 1.54) is 18.2 Å². The number of halogens is 3. The Balaban J connectivity index is 1.58. The normalized spacial score (nSPS) is 13.4. The van der Waals surface area contributed by atoms with Crippen molar-refractivity contribution in [2.45, 2.75) is 26.7 Å². The molecule has 3 amide bonds. The van der Waals surface area contributed by atoms with Crippen molar-refractivity contribution in [3.8, 4) is 0 Å². The summed E-state index contributed by atoms with van der Waals surface area (Å²) in [6, 6.07) is 16.9. The van der Waals surface area contributed by atoms with Crippen LogP contribution in [0, 0.1) is 0 Å². The van der Waals surface area contributed by atoms with Crippen molar-refractivity contribution in [1.82, 2.24) is 0 Å². The van der Waals surface area contributed by atoms with Gasteiger partial charge in [0.1, 0.15) is 10.7 Å². The number of nitrogens with one attached hydrogen (secondary N) is 2. The minimum atomic E-state index is -0.709. The van der Waals surface area contributed by atoms with E-state index >= 15 is 0 Å². The molecule has 36 heavy (non-hydrogen) atoms. The number of hydrogen-bond donors (Lipinski definition) is 2. The number of para-hydroxylation sites is 1. The molecule has 0 bridgehead atoms. The highest BCUT2D eigenvalue weighted by molar-refractivity contribution is 6.53. The van der Waals surface area contributed by atoms with Crippen molar-refractivity contribution in [2.75, 3.05) is 15.5 Å². The smallest absolute Gasteiger partial charge is 0.283 e. The van der Waals surface area contributed by atoms with E-state index in [0.29, 0.717) is 11.3 Å². The summed E-state index contributed by atoms with van der Waals surface area (Å²) in [6.45, 7) is 4.07. The quantitative estimate of drug-likeness (QED) is 0.322. The lowest BCUT2D eigenvalue weighted by Crippen LogP contribution is -2.32. The summed E-state index contributed by atoms with van der Waals surface area (Å²) in [5.74, 6) is -1.67. The second-order valence-corrected chi connectivity index (χ2v) is 9.33. The van der Waals surface area contributed by atoms with E-state index in [0.717, 1.165) is 34.6 Å². The molecular formula is C27H22Cl3N3O3. The fourth-order valence-electron chi connectivity index (χ4n) is 3.99. The van der Waals surface area contributed by atoms with Crippen LogP contribution >= 0.6 is 34.8 Å². The molecular weight excluding hydrogens is 521 g/mol. The van der Waals surface area contributed by atoms with Gasteiger partial charge in [0.2, 0.25) is 0 Å². The highest BCUT2D eigenvalue weighted by atomic mass is 35.5. The van der Waals surface area contributed by atoms with E-state index in [-0.39, 0.29) is 32.4 Å². The molecule has 3 aromatic carbocycles. The van der Waals surface area contributed by atoms with Gasteiger partial charge in [0.25, 0.3) is 17.7 Å². The van der Waals surface area contributed by atoms with Crippen LogP contribution in [0.4, 0.5) is 17.1 Å². The summed E-state index contributed by atoms with van der Waals surface area (Å²) in [4.78, 5) is 39.8. The fraction of sp³-hybridized carbons (Fsp3) is 0.148. The van der Waals surface area contributed by atoms with Gasteiger partial charge in [-0.05, 0) is 60.4 Å². The van der Waals surface area contributed by atoms with Gasteiger partial charge < -0.3 is 10.6 Å². The summed E-state index contributed by atoms with van der Waals surface area (Å²) < 4.78 is 0. The lowest BCUT2D eigenvalue weighted by molar-refractivity contribution is -0.120. The monoisotopic (exact) mass is 541 g/mol. The van der Waals surface area contributed by atoms with Gasteiger partial charge in [-0.15, -0.1) is 0 Å². The Labute approximate surface area is 223 Å². The zero-order chi connectivity index (χ0) is 26.0. The molecule has 0 unspecified atom stereocenters. The summed E-state index contributed by atoms with van der Waals surface area (Å²) in [5, 5.41) is 6.17. The van der Waals surface area contributed by atoms with Gasteiger partial charge in [-0.25, -0.2) is 4.90 Å². The number of hydrogen-bond acceptors (Lipinski definition) is 4. The highest BCUT2D eigenvalue weighted by Gasteiger charge is 2.39. The summed E-state index contributed by atoms with van der Waals surface area (Å²) in [5.41, 5.74) is 3.79. The second kappa shape index (κ2) is 10.7. The van der Waals surface area contributed by atoms with Crippen LogP contribution in [-0.4, -0.2) is 17.7 Å². The van der Waals surface area contributed by atoms with Crippen molar-refractivity contribution in [1.29, 1.82) is 0 Å². The molecule has 1 heterocycles. The number of imide groups is 1. The number of nitrogens with zero attached hydrogens (tertiary/aromatic N) is 1. The van der Waals surface area contributed by atoms with Gasteiger partial charge >= 0.3 is 0 Å². The molecule has 9 heteroatoms. The molecule has 184 valence electrons. The number of carbonyl (C=O) groups excluding carboxylic acids is 3. The van der Waals surface area contributed by atoms with Crippen LogP contribution in [0.3, 0.4) is 0 Å². The third-order valence-electron chi connectivity index (χ3n) is 5.76. The number of anilines is 3. The number of aryl methyl sites for hydroxylation is 2. The van der Waals surface area contributed by atoms with E-state index in [1.807, 2.05) is 32.0 Å². The molecule has 3 aromatic rings. The minimum absolute atomic E-state index is 0.111. The van der Waals surface area contributed by atoms with Crippen LogP contribution in [0.1, 0.15) is 35.3 Å². The van der Waals surface area contributed by atoms with Crippen molar-refractivity contribution in [3.05, 3.63) is 98.1 Å². The maximum absolute atomic E-state index is 13.1. The van der Waals surface area contributed by atoms with E-state index in [2.05, 4.69) is 10.6 Å². The Hall–Kier alpha value is -3.32. The van der Waals surface area contributed by atoms with Crippen molar-refractivity contribution in [2.24, 2.45) is 0 Å². The Bertz CT molecular complexity index is 1380. The van der Waals surface area contributed by atoms with Crippen LogP contribution < -0.4 is 15.5 Å². The van der Waals surface area contributed by atoms with Crippen molar-refractivity contribution in [3.63, 3.8) is 0 Å². The van der Waals surface area contributed by atoms with E-state index in [9.17, 15) is 14.4 Å². The summed E-state index contributed by atoms with van der Waals surface area (Å²) in [7, 11) is 0. The van der Waals surface area contributed by atoms with Gasteiger partial charge in [0.15, 0.2) is 0 Å². The predicted octanol–water partition coefficient (Wildman–Crippen LogP) is 6.81. The number of benzene rings is 3. The molecule has 0 radical (unpaired) electrons. The second-order valence-electron chi connectivity index (χ2n) is 8.08. The SMILES string of the molecule is CCc1cccc(CC)c1NC(=O)c1cccc(NC2=C(Cl)C(=O)N(c3cc(Cl)cc(Cl)c3)C2=O)c1. The maximum atomic E-state index is 13.1. The molecule has 2 N–H and O–H groups in total. The first kappa shape index (κ1) is 25.8. The van der Waals surface area contributed by atoms with Gasteiger partial charge in [-0.1, -0.05) is 72.9 Å². The average Bonchev–Trinajstić information content (AvgIpc) is 3.06. The molecule has 0 saturated heterocycles. The first-order valence-electron chi connectivity index (χ1n) is 11.3. The molecule has 1 aliphatic heterocycles. The van der Waals surface area contributed by atoms with Gasteiger partial charge in [0.05, 0.1) is 5.69 Å². The maximum Gasteiger partial charge on any atom is 0.283 e. The van der Waals surface area contributed by atoms with E-state index in [1.54, 1.807) is 24.3 Å². The first-order valence-corrected chi connectivity index (χ1v) is 12.4. The van der Waals surface area contributed by atoms with Gasteiger partial charge in [-0.3, -0.25) is 14.4 Å². The van der Waals surface area contributed by atoms with Crippen LogP contribution in [0.25, 0.3) is 0 Å². The zero-order valence-electron chi connectivity index (χ0n) is 19.5. The Morgan fingerprint density at radius 3 is 2.06 bits per heavy atom.